The first-order valence-electron chi connectivity index (χ1n) is 10.5. The van der Waals surface area contributed by atoms with Gasteiger partial charge in [0.15, 0.2) is 0 Å². The van der Waals surface area contributed by atoms with Crippen molar-refractivity contribution in [2.45, 2.75) is 50.9 Å². The Labute approximate surface area is 184 Å². The molecule has 1 aromatic carbocycles. The van der Waals surface area contributed by atoms with E-state index in [2.05, 4.69) is 33.8 Å². The first-order chi connectivity index (χ1) is 15.3. The second-order valence-corrected chi connectivity index (χ2v) is 8.18. The average molecular weight is 441 g/mol. The van der Waals surface area contributed by atoms with E-state index in [1.807, 2.05) is 23.0 Å². The van der Waals surface area contributed by atoms with Crippen molar-refractivity contribution < 1.29 is 17.9 Å². The van der Waals surface area contributed by atoms with Crippen LogP contribution in [0.4, 0.5) is 18.9 Å². The van der Waals surface area contributed by atoms with Crippen LogP contribution in [0.1, 0.15) is 43.6 Å². The third-order valence-corrected chi connectivity index (χ3v) is 5.92. The Morgan fingerprint density at radius 3 is 2.72 bits per heavy atom. The van der Waals surface area contributed by atoms with Crippen LogP contribution in [0.15, 0.2) is 36.8 Å². The number of alkyl halides is 3. The third kappa shape index (κ3) is 3.80. The standard InChI is InChI=1S/C23H22F3N5O/c1-3-30-14(2)4-7-18-19(30)9-8-17(15-12-28-31(13-15)16-5-6-16)21(18)32-20-10-11-27-22(29-20)23(24,25)26/h3,8-14,16H,1,4-7H2,2H3/t14-/m0/s1. The normalized spacial score (nSPS) is 18.5. The molecule has 1 atom stereocenters. The molecule has 9 heteroatoms. The first-order valence-corrected chi connectivity index (χ1v) is 10.5. The largest absolute Gasteiger partial charge is 0.451 e. The lowest BCUT2D eigenvalue weighted by Gasteiger charge is -2.37. The molecule has 2 radical (unpaired) electrons. The first kappa shape index (κ1) is 20.8. The van der Waals surface area contributed by atoms with Crippen molar-refractivity contribution in [2.75, 3.05) is 4.90 Å². The molecule has 1 aliphatic heterocycles. The zero-order valence-corrected chi connectivity index (χ0v) is 17.5. The van der Waals surface area contributed by atoms with Crippen LogP contribution in [0, 0.1) is 13.5 Å². The van der Waals surface area contributed by atoms with E-state index in [4.69, 9.17) is 4.74 Å². The van der Waals surface area contributed by atoms with Crippen LogP contribution >= 0.6 is 0 Å². The van der Waals surface area contributed by atoms with Gasteiger partial charge in [0.2, 0.25) is 11.7 Å². The molecule has 0 amide bonds. The number of halogens is 3. The predicted octanol–water partition coefficient (Wildman–Crippen LogP) is 5.62. The number of fused-ring (bicyclic) bond motifs is 1. The highest BCUT2D eigenvalue weighted by Gasteiger charge is 2.35. The summed E-state index contributed by atoms with van der Waals surface area (Å²) in [6.45, 7) is 7.80. The van der Waals surface area contributed by atoms with E-state index >= 15 is 0 Å². The van der Waals surface area contributed by atoms with E-state index in [0.717, 1.165) is 54.3 Å². The molecule has 1 saturated carbocycles. The summed E-state index contributed by atoms with van der Waals surface area (Å²) in [7, 11) is 0. The molecule has 2 aliphatic rings. The summed E-state index contributed by atoms with van der Waals surface area (Å²) in [6, 6.07) is 5.93. The second-order valence-electron chi connectivity index (χ2n) is 8.18. The van der Waals surface area contributed by atoms with Crippen LogP contribution in [0.5, 0.6) is 11.6 Å². The quantitative estimate of drug-likeness (QED) is 0.514. The summed E-state index contributed by atoms with van der Waals surface area (Å²) in [5, 5.41) is 4.46. The van der Waals surface area contributed by atoms with Gasteiger partial charge in [-0.2, -0.15) is 23.3 Å². The van der Waals surface area contributed by atoms with Gasteiger partial charge >= 0.3 is 6.18 Å². The zero-order chi connectivity index (χ0) is 22.5. The van der Waals surface area contributed by atoms with Crippen molar-refractivity contribution in [2.24, 2.45) is 0 Å². The third-order valence-electron chi connectivity index (χ3n) is 5.92. The van der Waals surface area contributed by atoms with Gasteiger partial charge in [-0.05, 0) is 51.7 Å². The summed E-state index contributed by atoms with van der Waals surface area (Å²) in [6.07, 6.45) is 3.91. The molecule has 2 aromatic heterocycles. The molecule has 32 heavy (non-hydrogen) atoms. The van der Waals surface area contributed by atoms with Crippen LogP contribution in [0.2, 0.25) is 0 Å². The maximum atomic E-state index is 13.1. The van der Waals surface area contributed by atoms with Crippen LogP contribution < -0.4 is 9.64 Å². The van der Waals surface area contributed by atoms with Crippen molar-refractivity contribution in [3.05, 3.63) is 61.6 Å². The lowest BCUT2D eigenvalue weighted by Crippen LogP contribution is -2.34. The second kappa shape index (κ2) is 7.79. The lowest BCUT2D eigenvalue weighted by molar-refractivity contribution is -0.145. The SMILES string of the molecule is [CH2][CH]N1c2ccc(-c3cnn(C4CC4)c3)c(Oc3ccnc(C(F)(F)F)n3)c2CC[C@@H]1C. The molecule has 0 bridgehead atoms. The highest BCUT2D eigenvalue weighted by molar-refractivity contribution is 5.78. The van der Waals surface area contributed by atoms with Crippen LogP contribution in [-0.2, 0) is 12.6 Å². The van der Waals surface area contributed by atoms with E-state index in [1.54, 1.807) is 12.7 Å². The van der Waals surface area contributed by atoms with Gasteiger partial charge in [0.1, 0.15) is 5.75 Å². The molecular weight excluding hydrogens is 419 g/mol. The molecule has 166 valence electrons. The topological polar surface area (TPSA) is 56.1 Å². The lowest BCUT2D eigenvalue weighted by atomic mass is 9.92. The summed E-state index contributed by atoms with van der Waals surface area (Å²) < 4.78 is 47.4. The summed E-state index contributed by atoms with van der Waals surface area (Å²) in [5.74, 6) is -0.895. The van der Waals surface area contributed by atoms with Crippen LogP contribution in [0.25, 0.3) is 11.1 Å². The van der Waals surface area contributed by atoms with Gasteiger partial charge in [0.25, 0.3) is 0 Å². The molecule has 0 saturated heterocycles. The van der Waals surface area contributed by atoms with Gasteiger partial charge in [-0.3, -0.25) is 4.68 Å². The van der Waals surface area contributed by atoms with E-state index in [9.17, 15) is 13.2 Å². The minimum absolute atomic E-state index is 0.152. The number of aromatic nitrogens is 4. The summed E-state index contributed by atoms with van der Waals surface area (Å²) in [4.78, 5) is 9.00. The molecule has 0 unspecified atom stereocenters. The van der Waals surface area contributed by atoms with Crippen molar-refractivity contribution >= 4 is 5.69 Å². The highest BCUT2D eigenvalue weighted by Crippen LogP contribution is 2.45. The number of nitrogens with zero attached hydrogens (tertiary/aromatic N) is 5. The number of benzene rings is 1. The maximum Gasteiger partial charge on any atom is 0.451 e. The number of rotatable bonds is 5. The van der Waals surface area contributed by atoms with E-state index in [-0.39, 0.29) is 11.9 Å². The van der Waals surface area contributed by atoms with Crippen molar-refractivity contribution in [1.29, 1.82) is 0 Å². The number of hydrogen-bond donors (Lipinski definition) is 0. The Morgan fingerprint density at radius 2 is 2.00 bits per heavy atom. The van der Waals surface area contributed by atoms with Gasteiger partial charge in [-0.25, -0.2) is 4.98 Å². The molecule has 6 nitrogen and oxygen atoms in total. The predicted molar refractivity (Wildman–Crippen MR) is 113 cm³/mol. The zero-order valence-electron chi connectivity index (χ0n) is 17.5. The smallest absolute Gasteiger partial charge is 0.438 e. The summed E-state index contributed by atoms with van der Waals surface area (Å²) in [5.41, 5.74) is 3.45. The van der Waals surface area contributed by atoms with Crippen LogP contribution in [0.3, 0.4) is 0 Å². The molecular formula is C23H22F3N5O. The molecule has 3 aromatic rings. The van der Waals surface area contributed by atoms with Crippen LogP contribution in [-0.4, -0.2) is 25.8 Å². The highest BCUT2D eigenvalue weighted by atomic mass is 19.4. The van der Waals surface area contributed by atoms with Crippen molar-refractivity contribution in [3.8, 4) is 22.8 Å². The molecule has 1 fully saturated rings. The number of ether oxygens (including phenoxy) is 1. The van der Waals surface area contributed by atoms with Crippen molar-refractivity contribution in [1.82, 2.24) is 19.7 Å². The van der Waals surface area contributed by atoms with Gasteiger partial charge < -0.3 is 9.64 Å². The molecule has 1 aliphatic carbocycles. The van der Waals surface area contributed by atoms with E-state index < -0.39 is 12.0 Å². The monoisotopic (exact) mass is 441 g/mol. The Bertz CT molecular complexity index is 1140. The van der Waals surface area contributed by atoms with Crippen molar-refractivity contribution in [3.63, 3.8) is 0 Å². The number of hydrogen-bond acceptors (Lipinski definition) is 5. The fourth-order valence-corrected chi connectivity index (χ4v) is 4.11. The average Bonchev–Trinajstić information content (AvgIpc) is 3.50. The molecule has 0 spiro atoms. The van der Waals surface area contributed by atoms with E-state index in [1.165, 1.54) is 6.07 Å². The van der Waals surface area contributed by atoms with Gasteiger partial charge in [0.05, 0.1) is 12.2 Å². The fraction of sp³-hybridized carbons (Fsp3) is 0.348. The van der Waals surface area contributed by atoms with Gasteiger partial charge in [0, 0.05) is 53.4 Å². The van der Waals surface area contributed by atoms with E-state index in [0.29, 0.717) is 11.8 Å². The Hall–Kier alpha value is -3.10. The Balaban J connectivity index is 1.61. The molecule has 3 heterocycles. The summed E-state index contributed by atoms with van der Waals surface area (Å²) >= 11 is 0. The minimum Gasteiger partial charge on any atom is -0.438 e. The minimum atomic E-state index is -4.65. The maximum absolute atomic E-state index is 13.1. The fourth-order valence-electron chi connectivity index (χ4n) is 4.11. The Kier molecular flexibility index (Phi) is 5.06. The Morgan fingerprint density at radius 1 is 1.19 bits per heavy atom. The molecule has 5 rings (SSSR count). The van der Waals surface area contributed by atoms with Gasteiger partial charge in [-0.15, -0.1) is 0 Å². The number of anilines is 1. The van der Waals surface area contributed by atoms with Gasteiger partial charge in [-0.1, -0.05) is 0 Å². The molecule has 0 N–H and O–H groups in total.